The summed E-state index contributed by atoms with van der Waals surface area (Å²) in [5.74, 6) is 0. The van der Waals surface area contributed by atoms with Gasteiger partial charge in [0.2, 0.25) is 0 Å². The van der Waals surface area contributed by atoms with Crippen molar-refractivity contribution in [3.8, 4) is 0 Å². The smallest absolute Gasteiger partial charge is 0.0641 e. The standard InChI is InChI=1S/C16H16BrCl2N/c1-3-15(11-4-6-12(17)7-5-11)20-16-9-13(18)10(2)8-14(16)19/h4-9,15,20H,3H2,1-2H3. The summed E-state index contributed by atoms with van der Waals surface area (Å²) in [6.07, 6.45) is 0.962. The van der Waals surface area contributed by atoms with Crippen LogP contribution in [0, 0.1) is 6.92 Å². The van der Waals surface area contributed by atoms with Gasteiger partial charge in [0.15, 0.2) is 0 Å². The lowest BCUT2D eigenvalue weighted by Crippen LogP contribution is -2.10. The largest absolute Gasteiger partial charge is 0.377 e. The van der Waals surface area contributed by atoms with E-state index in [1.54, 1.807) is 0 Å². The van der Waals surface area contributed by atoms with E-state index in [0.29, 0.717) is 5.02 Å². The molecule has 0 spiro atoms. The monoisotopic (exact) mass is 371 g/mol. The fourth-order valence-electron chi connectivity index (χ4n) is 2.06. The molecule has 0 amide bonds. The topological polar surface area (TPSA) is 12.0 Å². The zero-order valence-electron chi connectivity index (χ0n) is 11.4. The second-order valence-electron chi connectivity index (χ2n) is 4.74. The van der Waals surface area contributed by atoms with E-state index in [0.717, 1.165) is 27.2 Å². The Kier molecular flexibility index (Phi) is 5.36. The van der Waals surface area contributed by atoms with Gasteiger partial charge in [-0.2, -0.15) is 0 Å². The van der Waals surface area contributed by atoms with Gasteiger partial charge in [-0.1, -0.05) is 58.2 Å². The molecule has 0 heterocycles. The van der Waals surface area contributed by atoms with E-state index in [2.05, 4.69) is 40.3 Å². The highest BCUT2D eigenvalue weighted by atomic mass is 79.9. The van der Waals surface area contributed by atoms with Crippen LogP contribution in [0.5, 0.6) is 0 Å². The predicted octanol–water partition coefficient (Wildman–Crippen LogP) is 6.63. The molecule has 4 heteroatoms. The van der Waals surface area contributed by atoms with E-state index in [1.807, 2.05) is 31.2 Å². The summed E-state index contributed by atoms with van der Waals surface area (Å²) in [6, 6.07) is 12.3. The molecule has 0 aliphatic rings. The summed E-state index contributed by atoms with van der Waals surface area (Å²) in [6.45, 7) is 4.09. The highest BCUT2D eigenvalue weighted by Gasteiger charge is 2.12. The first kappa shape index (κ1) is 15.7. The maximum atomic E-state index is 6.29. The van der Waals surface area contributed by atoms with Crippen LogP contribution in [0.25, 0.3) is 0 Å². The van der Waals surface area contributed by atoms with Gasteiger partial charge in [-0.3, -0.25) is 0 Å². The Morgan fingerprint density at radius 1 is 1.10 bits per heavy atom. The van der Waals surface area contributed by atoms with Gasteiger partial charge < -0.3 is 5.32 Å². The van der Waals surface area contributed by atoms with Crippen LogP contribution in [0.4, 0.5) is 5.69 Å². The predicted molar refractivity (Wildman–Crippen MR) is 92.0 cm³/mol. The molecule has 0 saturated carbocycles. The minimum Gasteiger partial charge on any atom is -0.377 e. The Balaban J connectivity index is 2.26. The van der Waals surface area contributed by atoms with Crippen molar-refractivity contribution in [2.75, 3.05) is 5.32 Å². The lowest BCUT2D eigenvalue weighted by Gasteiger charge is -2.20. The first-order valence-corrected chi connectivity index (χ1v) is 8.03. The quantitative estimate of drug-likeness (QED) is 0.635. The van der Waals surface area contributed by atoms with Crippen molar-refractivity contribution < 1.29 is 0 Å². The maximum Gasteiger partial charge on any atom is 0.0641 e. The van der Waals surface area contributed by atoms with Crippen molar-refractivity contribution >= 4 is 44.8 Å². The summed E-state index contributed by atoms with van der Waals surface area (Å²) < 4.78 is 1.08. The average molecular weight is 373 g/mol. The molecule has 1 atom stereocenters. The number of anilines is 1. The van der Waals surface area contributed by atoms with Gasteiger partial charge in [0.05, 0.1) is 16.8 Å². The van der Waals surface area contributed by atoms with Crippen LogP contribution in [-0.4, -0.2) is 0 Å². The Hall–Kier alpha value is -0.700. The molecule has 2 aromatic carbocycles. The minimum absolute atomic E-state index is 0.208. The van der Waals surface area contributed by atoms with Gasteiger partial charge in [0, 0.05) is 9.50 Å². The average Bonchev–Trinajstić information content (AvgIpc) is 2.42. The van der Waals surface area contributed by atoms with Crippen LogP contribution in [0.3, 0.4) is 0 Å². The van der Waals surface area contributed by atoms with Gasteiger partial charge in [0.1, 0.15) is 0 Å². The Morgan fingerprint density at radius 2 is 1.75 bits per heavy atom. The molecule has 0 fully saturated rings. The first-order chi connectivity index (χ1) is 9.51. The molecule has 20 heavy (non-hydrogen) atoms. The fraction of sp³-hybridized carbons (Fsp3) is 0.250. The van der Waals surface area contributed by atoms with Crippen molar-refractivity contribution in [2.45, 2.75) is 26.3 Å². The van der Waals surface area contributed by atoms with Crippen LogP contribution >= 0.6 is 39.1 Å². The number of nitrogens with one attached hydrogen (secondary N) is 1. The summed E-state index contributed by atoms with van der Waals surface area (Å²) >= 11 is 15.9. The summed E-state index contributed by atoms with van der Waals surface area (Å²) in [5.41, 5.74) is 3.08. The molecular weight excluding hydrogens is 357 g/mol. The van der Waals surface area contributed by atoms with Gasteiger partial charge in [-0.05, 0) is 48.7 Å². The maximum absolute atomic E-state index is 6.29. The molecule has 0 aliphatic carbocycles. The lowest BCUT2D eigenvalue weighted by molar-refractivity contribution is 0.749. The van der Waals surface area contributed by atoms with Crippen LogP contribution in [0.15, 0.2) is 40.9 Å². The molecule has 0 saturated heterocycles. The molecule has 0 aliphatic heterocycles. The molecule has 2 aromatic rings. The molecule has 106 valence electrons. The number of hydrogen-bond acceptors (Lipinski definition) is 1. The fourth-order valence-corrected chi connectivity index (χ4v) is 2.76. The van der Waals surface area contributed by atoms with E-state index in [-0.39, 0.29) is 6.04 Å². The van der Waals surface area contributed by atoms with Crippen LogP contribution in [0.1, 0.15) is 30.5 Å². The van der Waals surface area contributed by atoms with E-state index in [1.165, 1.54) is 5.56 Å². The number of halogens is 3. The van der Waals surface area contributed by atoms with Crippen LogP contribution in [0.2, 0.25) is 10.0 Å². The molecule has 0 bridgehead atoms. The molecule has 1 nitrogen and oxygen atoms in total. The highest BCUT2D eigenvalue weighted by Crippen LogP contribution is 2.32. The Bertz CT molecular complexity index is 596. The second-order valence-corrected chi connectivity index (χ2v) is 6.47. The van der Waals surface area contributed by atoms with Crippen molar-refractivity contribution in [1.29, 1.82) is 0 Å². The van der Waals surface area contributed by atoms with E-state index in [9.17, 15) is 0 Å². The third-order valence-electron chi connectivity index (χ3n) is 3.26. The molecule has 2 rings (SSSR count). The van der Waals surface area contributed by atoms with Gasteiger partial charge in [0.25, 0.3) is 0 Å². The van der Waals surface area contributed by atoms with Gasteiger partial charge >= 0.3 is 0 Å². The number of rotatable bonds is 4. The second kappa shape index (κ2) is 6.84. The normalized spacial score (nSPS) is 12.2. The summed E-state index contributed by atoms with van der Waals surface area (Å²) in [5, 5.41) is 4.89. The van der Waals surface area contributed by atoms with Crippen LogP contribution in [-0.2, 0) is 0 Å². The molecule has 0 aromatic heterocycles. The third kappa shape index (κ3) is 3.69. The van der Waals surface area contributed by atoms with Crippen LogP contribution < -0.4 is 5.32 Å². The van der Waals surface area contributed by atoms with Gasteiger partial charge in [-0.25, -0.2) is 0 Å². The Morgan fingerprint density at radius 3 is 2.35 bits per heavy atom. The van der Waals surface area contributed by atoms with Crippen molar-refractivity contribution in [3.05, 3.63) is 62.0 Å². The minimum atomic E-state index is 0.208. The van der Waals surface area contributed by atoms with Crippen molar-refractivity contribution in [1.82, 2.24) is 0 Å². The summed E-state index contributed by atoms with van der Waals surface area (Å²) in [7, 11) is 0. The molecular formula is C16H16BrCl2N. The zero-order valence-corrected chi connectivity index (χ0v) is 14.5. The SMILES string of the molecule is CCC(Nc1cc(Cl)c(C)cc1Cl)c1ccc(Br)cc1. The number of hydrogen-bond donors (Lipinski definition) is 1. The number of aryl methyl sites for hydroxylation is 1. The molecule has 1 N–H and O–H groups in total. The Labute approximate surface area is 138 Å². The lowest BCUT2D eigenvalue weighted by atomic mass is 10.0. The van der Waals surface area contributed by atoms with Crippen molar-refractivity contribution in [2.24, 2.45) is 0 Å². The van der Waals surface area contributed by atoms with Gasteiger partial charge in [-0.15, -0.1) is 0 Å². The van der Waals surface area contributed by atoms with Crippen molar-refractivity contribution in [3.63, 3.8) is 0 Å². The molecule has 0 radical (unpaired) electrons. The van der Waals surface area contributed by atoms with E-state index < -0.39 is 0 Å². The summed E-state index contributed by atoms with van der Waals surface area (Å²) in [4.78, 5) is 0. The van der Waals surface area contributed by atoms with E-state index >= 15 is 0 Å². The zero-order chi connectivity index (χ0) is 14.7. The highest BCUT2D eigenvalue weighted by molar-refractivity contribution is 9.10. The number of benzene rings is 2. The van der Waals surface area contributed by atoms with E-state index in [4.69, 9.17) is 23.2 Å². The third-order valence-corrected chi connectivity index (χ3v) is 4.51. The molecule has 1 unspecified atom stereocenters. The first-order valence-electron chi connectivity index (χ1n) is 6.49.